The summed E-state index contributed by atoms with van der Waals surface area (Å²) in [5.74, 6) is 1.07. The zero-order valence-electron chi connectivity index (χ0n) is 21.1. The van der Waals surface area contributed by atoms with Crippen molar-refractivity contribution in [1.29, 1.82) is 0 Å². The van der Waals surface area contributed by atoms with Crippen molar-refractivity contribution >= 4 is 5.97 Å². The van der Waals surface area contributed by atoms with E-state index in [9.17, 15) is 9.90 Å². The summed E-state index contributed by atoms with van der Waals surface area (Å²) in [5.41, 5.74) is 2.94. The third kappa shape index (κ3) is 4.20. The number of fused-ring (bicyclic) bond motifs is 3. The first-order valence-electron chi connectivity index (χ1n) is 12.2. The predicted octanol–water partition coefficient (Wildman–Crippen LogP) is 3.12. The lowest BCUT2D eigenvalue weighted by Crippen LogP contribution is -2.36. The molecule has 0 saturated carbocycles. The number of phenolic OH excluding ortho intramolecular Hbond substituents is 1. The van der Waals surface area contributed by atoms with Gasteiger partial charge in [0.2, 0.25) is 12.5 Å². The number of hydrogen-bond donors (Lipinski definition) is 1. The number of carbonyl (C=O) groups is 1. The van der Waals surface area contributed by atoms with E-state index in [1.807, 2.05) is 6.07 Å². The summed E-state index contributed by atoms with van der Waals surface area (Å²) in [5, 5.41) is 10.5. The molecule has 9 heteroatoms. The molecule has 194 valence electrons. The number of hydrogen-bond acceptors (Lipinski definition) is 9. The number of nitrogens with zero attached hydrogens (tertiary/aromatic N) is 1. The third-order valence-corrected chi connectivity index (χ3v) is 7.70. The van der Waals surface area contributed by atoms with Crippen molar-refractivity contribution in [2.24, 2.45) is 11.8 Å². The van der Waals surface area contributed by atoms with Crippen molar-refractivity contribution in [3.05, 3.63) is 41.0 Å². The Hall–Kier alpha value is -3.17. The molecule has 2 aromatic rings. The summed E-state index contributed by atoms with van der Waals surface area (Å²) in [6, 6.07) is 7.62. The molecule has 1 N–H and O–H groups in total. The molecule has 9 nitrogen and oxygen atoms in total. The summed E-state index contributed by atoms with van der Waals surface area (Å²) in [6.45, 7) is 2.88. The van der Waals surface area contributed by atoms with Gasteiger partial charge in [0.25, 0.3) is 0 Å². The number of aromatic hydroxyl groups is 1. The first kappa shape index (κ1) is 24.5. The van der Waals surface area contributed by atoms with Gasteiger partial charge in [0.05, 0.1) is 33.4 Å². The maximum atomic E-state index is 13.2. The fraction of sp³-hybridized carbons (Fsp3) is 0.519. The Morgan fingerprint density at radius 3 is 2.28 bits per heavy atom. The lowest BCUT2D eigenvalue weighted by atomic mass is 9.62. The van der Waals surface area contributed by atoms with Crippen molar-refractivity contribution in [3.63, 3.8) is 0 Å². The van der Waals surface area contributed by atoms with Crippen molar-refractivity contribution in [2.45, 2.75) is 18.3 Å². The third-order valence-electron chi connectivity index (χ3n) is 7.70. The standard InChI is InChI=1S/C27H33NO8/c1-28(7-8-31-2)6-5-16-17-11-20-21(36-14-35-20)12-18(17)24(25-19(16)13-34-27(25)30)15-9-22(32-3)26(29)23(10-15)33-4/h9-12,16,19,24-25,29H,5-8,13-14H2,1-4H3/t16-,19?,24-,25+/m1/s1. The SMILES string of the molecule is COCCN(C)CC[C@@H]1c2cc3c(cc2[C@@H](c2cc(OC)c(O)c(OC)c2)[C@H]2C(=O)OCC12)OCO3. The first-order chi connectivity index (χ1) is 17.5. The smallest absolute Gasteiger partial charge is 0.310 e. The Morgan fingerprint density at radius 2 is 1.64 bits per heavy atom. The van der Waals surface area contributed by atoms with Crippen LogP contribution in [0.1, 0.15) is 34.9 Å². The number of phenols is 1. The minimum absolute atomic E-state index is 0.00279. The molecule has 1 fully saturated rings. The minimum Gasteiger partial charge on any atom is -0.502 e. The van der Waals surface area contributed by atoms with E-state index in [1.165, 1.54) is 14.2 Å². The van der Waals surface area contributed by atoms with Crippen molar-refractivity contribution in [2.75, 3.05) is 61.5 Å². The summed E-state index contributed by atoms with van der Waals surface area (Å²) < 4.78 is 33.2. The van der Waals surface area contributed by atoms with E-state index < -0.39 is 0 Å². The monoisotopic (exact) mass is 499 g/mol. The molecule has 36 heavy (non-hydrogen) atoms. The second kappa shape index (κ2) is 10.1. The lowest BCUT2D eigenvalue weighted by Gasteiger charge is -2.40. The van der Waals surface area contributed by atoms with Gasteiger partial charge in [0.15, 0.2) is 23.0 Å². The molecule has 0 radical (unpaired) electrons. The molecule has 0 spiro atoms. The molecule has 0 aromatic heterocycles. The van der Waals surface area contributed by atoms with Gasteiger partial charge in [0, 0.05) is 25.5 Å². The van der Waals surface area contributed by atoms with E-state index >= 15 is 0 Å². The topological polar surface area (TPSA) is 95.9 Å². The predicted molar refractivity (Wildman–Crippen MR) is 130 cm³/mol. The number of benzene rings is 2. The van der Waals surface area contributed by atoms with Crippen LogP contribution in [0.5, 0.6) is 28.7 Å². The molecule has 0 amide bonds. The van der Waals surface area contributed by atoms with Crippen LogP contribution in [0, 0.1) is 11.8 Å². The molecule has 5 rings (SSSR count). The number of ether oxygens (including phenoxy) is 6. The highest BCUT2D eigenvalue weighted by atomic mass is 16.7. The number of cyclic esters (lactones) is 1. The molecule has 2 heterocycles. The van der Waals surface area contributed by atoms with Gasteiger partial charge in [-0.05, 0) is 66.9 Å². The van der Waals surface area contributed by atoms with Crippen LogP contribution < -0.4 is 18.9 Å². The van der Waals surface area contributed by atoms with Crippen LogP contribution in [0.4, 0.5) is 0 Å². The van der Waals surface area contributed by atoms with Crippen LogP contribution in [0.15, 0.2) is 24.3 Å². The molecular weight excluding hydrogens is 466 g/mol. The fourth-order valence-electron chi connectivity index (χ4n) is 5.86. The van der Waals surface area contributed by atoms with Gasteiger partial charge < -0.3 is 38.4 Å². The lowest BCUT2D eigenvalue weighted by molar-refractivity contribution is -0.141. The zero-order valence-corrected chi connectivity index (χ0v) is 21.1. The molecular formula is C27H33NO8. The second-order valence-corrected chi connectivity index (χ2v) is 9.60. The van der Waals surface area contributed by atoms with Crippen molar-refractivity contribution < 1.29 is 38.3 Å². The quantitative estimate of drug-likeness (QED) is 0.522. The van der Waals surface area contributed by atoms with Gasteiger partial charge in [-0.15, -0.1) is 0 Å². The molecule has 2 aliphatic heterocycles. The highest BCUT2D eigenvalue weighted by Gasteiger charge is 2.52. The molecule has 1 unspecified atom stereocenters. The number of esters is 1. The molecule has 4 atom stereocenters. The molecule has 1 aliphatic carbocycles. The maximum absolute atomic E-state index is 13.2. The fourth-order valence-corrected chi connectivity index (χ4v) is 5.86. The molecule has 2 aromatic carbocycles. The average molecular weight is 500 g/mol. The normalized spacial score (nSPS) is 23.9. The van der Waals surface area contributed by atoms with Gasteiger partial charge >= 0.3 is 5.97 Å². The van der Waals surface area contributed by atoms with E-state index in [2.05, 4.69) is 18.0 Å². The van der Waals surface area contributed by atoms with E-state index in [-0.39, 0.29) is 53.7 Å². The van der Waals surface area contributed by atoms with Crippen LogP contribution >= 0.6 is 0 Å². The Labute approximate surface area is 210 Å². The number of methoxy groups -OCH3 is 3. The van der Waals surface area contributed by atoms with Gasteiger partial charge in [-0.3, -0.25) is 4.79 Å². The van der Waals surface area contributed by atoms with Gasteiger partial charge in [0.1, 0.15) is 0 Å². The second-order valence-electron chi connectivity index (χ2n) is 9.60. The summed E-state index contributed by atoms with van der Waals surface area (Å²) in [4.78, 5) is 15.5. The largest absolute Gasteiger partial charge is 0.502 e. The van der Waals surface area contributed by atoms with Crippen LogP contribution in [-0.2, 0) is 14.3 Å². The highest BCUT2D eigenvalue weighted by molar-refractivity contribution is 5.79. The number of carbonyl (C=O) groups excluding carboxylic acids is 1. The van der Waals surface area contributed by atoms with Crippen molar-refractivity contribution in [1.82, 2.24) is 4.90 Å². The van der Waals surface area contributed by atoms with E-state index in [1.54, 1.807) is 19.2 Å². The maximum Gasteiger partial charge on any atom is 0.310 e. The van der Waals surface area contributed by atoms with Crippen LogP contribution in [0.25, 0.3) is 0 Å². The van der Waals surface area contributed by atoms with E-state index in [0.717, 1.165) is 42.0 Å². The van der Waals surface area contributed by atoms with E-state index in [0.29, 0.717) is 19.0 Å². The Morgan fingerprint density at radius 1 is 0.972 bits per heavy atom. The van der Waals surface area contributed by atoms with E-state index in [4.69, 9.17) is 28.4 Å². The first-order valence-corrected chi connectivity index (χ1v) is 12.2. The molecule has 1 saturated heterocycles. The van der Waals surface area contributed by atoms with Crippen LogP contribution in [0.2, 0.25) is 0 Å². The zero-order chi connectivity index (χ0) is 25.4. The molecule has 3 aliphatic rings. The van der Waals surface area contributed by atoms with Gasteiger partial charge in [-0.25, -0.2) is 0 Å². The summed E-state index contributed by atoms with van der Waals surface area (Å²) in [7, 11) is 6.77. The molecule has 0 bridgehead atoms. The minimum atomic E-state index is -0.383. The number of rotatable bonds is 9. The van der Waals surface area contributed by atoms with Gasteiger partial charge in [-0.1, -0.05) is 0 Å². The Balaban J connectivity index is 1.62. The average Bonchev–Trinajstić information content (AvgIpc) is 3.50. The van der Waals surface area contributed by atoms with Crippen LogP contribution in [-0.4, -0.2) is 77.4 Å². The van der Waals surface area contributed by atoms with Gasteiger partial charge in [-0.2, -0.15) is 0 Å². The summed E-state index contributed by atoms with van der Waals surface area (Å²) in [6.07, 6.45) is 0.861. The highest BCUT2D eigenvalue weighted by Crippen LogP contribution is 2.56. The summed E-state index contributed by atoms with van der Waals surface area (Å²) >= 11 is 0. The number of likely N-dealkylation sites (N-methyl/N-ethyl adjacent to an activating group) is 1. The Kier molecular flexibility index (Phi) is 6.85. The van der Waals surface area contributed by atoms with Crippen molar-refractivity contribution in [3.8, 4) is 28.7 Å². The Bertz CT molecular complexity index is 1110. The van der Waals surface area contributed by atoms with Crippen LogP contribution in [0.3, 0.4) is 0 Å².